The van der Waals surface area contributed by atoms with Crippen molar-refractivity contribution in [3.8, 4) is 5.75 Å². The average Bonchev–Trinajstić information content (AvgIpc) is 2.37. The molecule has 0 unspecified atom stereocenters. The summed E-state index contributed by atoms with van der Waals surface area (Å²) in [4.78, 5) is 0. The quantitative estimate of drug-likeness (QED) is 0.621. The van der Waals surface area contributed by atoms with Crippen molar-refractivity contribution in [1.29, 1.82) is 0 Å². The Morgan fingerprint density at radius 3 is 2.61 bits per heavy atom. The lowest BCUT2D eigenvalue weighted by atomic mass is 10.1. The van der Waals surface area contributed by atoms with Crippen LogP contribution in [0.3, 0.4) is 0 Å². The molecule has 0 saturated heterocycles. The number of aliphatic hydroxyl groups is 1. The first-order valence-electron chi connectivity index (χ1n) is 6.44. The van der Waals surface area contributed by atoms with Gasteiger partial charge in [-0.3, -0.25) is 0 Å². The third-order valence-electron chi connectivity index (χ3n) is 2.77. The van der Waals surface area contributed by atoms with E-state index < -0.39 is 0 Å². The van der Waals surface area contributed by atoms with Gasteiger partial charge in [-0.05, 0) is 37.1 Å². The molecule has 0 heterocycles. The molecule has 4 heteroatoms. The third kappa shape index (κ3) is 6.00. The Morgan fingerprint density at radius 2 is 1.89 bits per heavy atom. The van der Waals surface area contributed by atoms with Crippen LogP contribution in [0.4, 0.5) is 0 Å². The predicted molar refractivity (Wildman–Crippen MR) is 71.0 cm³/mol. The van der Waals surface area contributed by atoms with E-state index in [-0.39, 0.29) is 6.61 Å². The van der Waals surface area contributed by atoms with Gasteiger partial charge in [0.2, 0.25) is 0 Å². The fourth-order valence-electron chi connectivity index (χ4n) is 1.53. The van der Waals surface area contributed by atoms with Gasteiger partial charge in [-0.2, -0.15) is 0 Å². The minimum Gasteiger partial charge on any atom is -0.491 e. The number of aliphatic hydroxyl groups excluding tert-OH is 1. The van der Waals surface area contributed by atoms with Gasteiger partial charge in [0.25, 0.3) is 0 Å². The zero-order valence-electron chi connectivity index (χ0n) is 11.3. The van der Waals surface area contributed by atoms with Crippen LogP contribution in [0, 0.1) is 13.8 Å². The van der Waals surface area contributed by atoms with Gasteiger partial charge in [-0.25, -0.2) is 0 Å². The lowest BCUT2D eigenvalue weighted by Gasteiger charge is -2.08. The number of nitrogens with two attached hydrogens (primary N) is 1. The van der Waals surface area contributed by atoms with E-state index in [1.165, 1.54) is 11.1 Å². The molecule has 1 aromatic rings. The molecular formula is C14H24NO3+. The maximum atomic E-state index is 8.58. The van der Waals surface area contributed by atoms with Crippen molar-refractivity contribution < 1.29 is 19.9 Å². The topological polar surface area (TPSA) is 55.3 Å². The van der Waals surface area contributed by atoms with Crippen LogP contribution >= 0.6 is 0 Å². The molecule has 4 nitrogen and oxygen atoms in total. The second-order valence-electron chi connectivity index (χ2n) is 4.30. The van der Waals surface area contributed by atoms with Crippen LogP contribution in [0.25, 0.3) is 0 Å². The van der Waals surface area contributed by atoms with Gasteiger partial charge < -0.3 is 19.9 Å². The molecule has 0 atom stereocenters. The zero-order valence-corrected chi connectivity index (χ0v) is 11.3. The van der Waals surface area contributed by atoms with Gasteiger partial charge in [0.05, 0.1) is 32.9 Å². The second-order valence-corrected chi connectivity index (χ2v) is 4.30. The van der Waals surface area contributed by atoms with Gasteiger partial charge >= 0.3 is 0 Å². The normalized spacial score (nSPS) is 10.6. The molecule has 3 N–H and O–H groups in total. The van der Waals surface area contributed by atoms with E-state index in [1.54, 1.807) is 0 Å². The standard InChI is InChI=1S/C14H23NO3/c1-12-3-4-14(11-13(12)2)18-10-9-17-8-6-15-5-7-16/h3-4,11,15-16H,5-10H2,1-2H3/p+1. The third-order valence-corrected chi connectivity index (χ3v) is 2.77. The number of benzene rings is 1. The highest BCUT2D eigenvalue weighted by Crippen LogP contribution is 2.16. The van der Waals surface area contributed by atoms with Crippen molar-refractivity contribution in [3.05, 3.63) is 29.3 Å². The Labute approximate surface area is 109 Å². The summed E-state index contributed by atoms with van der Waals surface area (Å²) in [6.45, 7) is 7.86. The van der Waals surface area contributed by atoms with E-state index in [1.807, 2.05) is 17.4 Å². The lowest BCUT2D eigenvalue weighted by Crippen LogP contribution is -2.86. The summed E-state index contributed by atoms with van der Waals surface area (Å²) in [6.07, 6.45) is 0. The van der Waals surface area contributed by atoms with Crippen molar-refractivity contribution in [2.45, 2.75) is 13.8 Å². The maximum Gasteiger partial charge on any atom is 0.119 e. The largest absolute Gasteiger partial charge is 0.491 e. The summed E-state index contributed by atoms with van der Waals surface area (Å²) >= 11 is 0. The average molecular weight is 254 g/mol. The molecule has 0 aromatic heterocycles. The maximum absolute atomic E-state index is 8.58. The van der Waals surface area contributed by atoms with Gasteiger partial charge in [-0.15, -0.1) is 0 Å². The highest BCUT2D eigenvalue weighted by molar-refractivity contribution is 5.33. The van der Waals surface area contributed by atoms with Crippen LogP contribution in [0.15, 0.2) is 18.2 Å². The molecule has 0 aliphatic rings. The summed E-state index contributed by atoms with van der Waals surface area (Å²) in [5.41, 5.74) is 2.52. The Morgan fingerprint density at radius 1 is 1.06 bits per heavy atom. The number of quaternary nitrogens is 1. The van der Waals surface area contributed by atoms with Gasteiger partial charge in [-0.1, -0.05) is 6.07 Å². The van der Waals surface area contributed by atoms with Crippen LogP contribution in [0.2, 0.25) is 0 Å². The summed E-state index contributed by atoms with van der Waals surface area (Å²) in [7, 11) is 0. The summed E-state index contributed by atoms with van der Waals surface area (Å²) in [5.74, 6) is 0.897. The molecule has 0 aliphatic heterocycles. The van der Waals surface area contributed by atoms with Gasteiger partial charge in [0.1, 0.15) is 12.4 Å². The van der Waals surface area contributed by atoms with E-state index in [0.29, 0.717) is 19.8 Å². The van der Waals surface area contributed by atoms with Crippen LogP contribution in [0.5, 0.6) is 5.75 Å². The summed E-state index contributed by atoms with van der Waals surface area (Å²) < 4.78 is 11.0. The minimum atomic E-state index is 0.218. The summed E-state index contributed by atoms with van der Waals surface area (Å²) in [5, 5.41) is 10.6. The van der Waals surface area contributed by atoms with Crippen molar-refractivity contribution >= 4 is 0 Å². The SMILES string of the molecule is Cc1ccc(OCCOCC[NH2+]CCO)cc1C. The number of ether oxygens (including phenoxy) is 2. The number of rotatable bonds is 9. The molecule has 1 rings (SSSR count). The number of hydrogen-bond acceptors (Lipinski definition) is 3. The molecule has 0 saturated carbocycles. The highest BCUT2D eigenvalue weighted by Gasteiger charge is 1.97. The number of aryl methyl sites for hydroxylation is 2. The molecule has 18 heavy (non-hydrogen) atoms. The molecule has 0 spiro atoms. The fourth-order valence-corrected chi connectivity index (χ4v) is 1.53. The number of hydrogen-bond donors (Lipinski definition) is 2. The van der Waals surface area contributed by atoms with Crippen LogP contribution in [-0.4, -0.2) is 44.6 Å². The van der Waals surface area contributed by atoms with Crippen molar-refractivity contribution in [2.24, 2.45) is 0 Å². The minimum absolute atomic E-state index is 0.218. The van der Waals surface area contributed by atoms with Crippen LogP contribution in [-0.2, 0) is 4.74 Å². The zero-order chi connectivity index (χ0) is 13.2. The van der Waals surface area contributed by atoms with E-state index in [2.05, 4.69) is 19.9 Å². The molecule has 0 bridgehead atoms. The first-order chi connectivity index (χ1) is 8.74. The van der Waals surface area contributed by atoms with Crippen molar-refractivity contribution in [2.75, 3.05) is 39.5 Å². The second kappa shape index (κ2) is 8.91. The van der Waals surface area contributed by atoms with Gasteiger partial charge in [0, 0.05) is 0 Å². The van der Waals surface area contributed by atoms with Crippen molar-refractivity contribution in [3.63, 3.8) is 0 Å². The Balaban J connectivity index is 2.05. The monoisotopic (exact) mass is 254 g/mol. The van der Waals surface area contributed by atoms with E-state index >= 15 is 0 Å². The fraction of sp³-hybridized carbons (Fsp3) is 0.571. The highest BCUT2D eigenvalue weighted by atomic mass is 16.5. The Hall–Kier alpha value is -1.10. The van der Waals surface area contributed by atoms with Gasteiger partial charge in [0.15, 0.2) is 0 Å². The predicted octanol–water partition coefficient (Wildman–Crippen LogP) is 0.255. The lowest BCUT2D eigenvalue weighted by molar-refractivity contribution is -0.657. The molecule has 0 aliphatic carbocycles. The molecule has 102 valence electrons. The Bertz CT molecular complexity index is 342. The van der Waals surface area contributed by atoms with E-state index in [9.17, 15) is 0 Å². The first-order valence-corrected chi connectivity index (χ1v) is 6.44. The van der Waals surface area contributed by atoms with Crippen molar-refractivity contribution in [1.82, 2.24) is 0 Å². The smallest absolute Gasteiger partial charge is 0.119 e. The molecule has 0 radical (unpaired) electrons. The first kappa shape index (κ1) is 15.0. The van der Waals surface area contributed by atoms with Crippen LogP contribution < -0.4 is 10.1 Å². The molecule has 1 aromatic carbocycles. The van der Waals surface area contributed by atoms with E-state index in [0.717, 1.165) is 18.8 Å². The van der Waals surface area contributed by atoms with Crippen LogP contribution in [0.1, 0.15) is 11.1 Å². The molecular weight excluding hydrogens is 230 g/mol. The summed E-state index contributed by atoms with van der Waals surface area (Å²) in [6, 6.07) is 6.09. The molecule has 0 fully saturated rings. The van der Waals surface area contributed by atoms with E-state index in [4.69, 9.17) is 14.6 Å². The Kier molecular flexibility index (Phi) is 7.41. The molecule has 0 amide bonds.